The fourth-order valence-corrected chi connectivity index (χ4v) is 2.40. The summed E-state index contributed by atoms with van der Waals surface area (Å²) in [7, 11) is 0. The lowest BCUT2D eigenvalue weighted by Crippen LogP contribution is -2.54. The van der Waals surface area contributed by atoms with E-state index in [9.17, 15) is 27.6 Å². The Bertz CT molecular complexity index is 891. The molecule has 0 saturated heterocycles. The number of alkyl halides is 3. The van der Waals surface area contributed by atoms with Crippen LogP contribution in [0, 0.1) is 0 Å². The van der Waals surface area contributed by atoms with Gasteiger partial charge in [-0.25, -0.2) is 4.79 Å². The lowest BCUT2D eigenvalue weighted by Gasteiger charge is -2.18. The topological polar surface area (TPSA) is 123 Å². The minimum absolute atomic E-state index is 0.117. The second-order valence-electron chi connectivity index (χ2n) is 6.10. The average Bonchev–Trinajstić information content (AvgIpc) is 2.70. The van der Waals surface area contributed by atoms with Gasteiger partial charge in [0.05, 0.1) is 5.56 Å². The normalized spacial score (nSPS) is 11.8. The third-order valence-electron chi connectivity index (χ3n) is 3.77. The van der Waals surface area contributed by atoms with Crippen molar-refractivity contribution in [3.05, 3.63) is 65.7 Å². The highest BCUT2D eigenvalue weighted by atomic mass is 19.4. The lowest BCUT2D eigenvalue weighted by atomic mass is 10.1. The van der Waals surface area contributed by atoms with Gasteiger partial charge in [0, 0.05) is 6.42 Å². The Labute approximate surface area is 169 Å². The van der Waals surface area contributed by atoms with Crippen LogP contribution in [0.5, 0.6) is 5.75 Å². The zero-order valence-corrected chi connectivity index (χ0v) is 15.5. The molecule has 0 aliphatic rings. The summed E-state index contributed by atoms with van der Waals surface area (Å²) in [6.45, 7) is -0.645. The predicted molar refractivity (Wildman–Crippen MR) is 99.9 cm³/mol. The maximum absolute atomic E-state index is 12.7. The number of hydrogen-bond donors (Lipinski definition) is 4. The summed E-state index contributed by atoms with van der Waals surface area (Å²) in [4.78, 5) is 35.2. The Kier molecular flexibility index (Phi) is 7.62. The van der Waals surface area contributed by atoms with Crippen LogP contribution in [0.25, 0.3) is 0 Å². The number of nitrogens with one attached hydrogen (secondary N) is 3. The zero-order chi connectivity index (χ0) is 22.1. The summed E-state index contributed by atoms with van der Waals surface area (Å²) >= 11 is 0. The Balaban J connectivity index is 1.87. The van der Waals surface area contributed by atoms with E-state index < -0.39 is 42.2 Å². The van der Waals surface area contributed by atoms with E-state index in [2.05, 4.69) is 16.2 Å². The molecule has 2 aromatic carbocycles. The molecule has 8 nitrogen and oxygen atoms in total. The number of halogens is 3. The maximum atomic E-state index is 12.7. The Morgan fingerprint density at radius 2 is 1.70 bits per heavy atom. The molecule has 0 aliphatic carbocycles. The van der Waals surface area contributed by atoms with Gasteiger partial charge >= 0.3 is 12.2 Å². The van der Waals surface area contributed by atoms with Gasteiger partial charge in [-0.3, -0.25) is 20.4 Å². The molecule has 5 N–H and O–H groups in total. The van der Waals surface area contributed by atoms with Crippen molar-refractivity contribution in [1.82, 2.24) is 16.2 Å². The summed E-state index contributed by atoms with van der Waals surface area (Å²) in [5.74, 6) is -1.73. The first-order valence-corrected chi connectivity index (χ1v) is 8.64. The number of hydrazine groups is 1. The fraction of sp³-hybridized carbons (Fsp3) is 0.211. The molecule has 160 valence electrons. The van der Waals surface area contributed by atoms with Crippen LogP contribution >= 0.6 is 0 Å². The van der Waals surface area contributed by atoms with Crippen LogP contribution in [0.2, 0.25) is 0 Å². The molecule has 1 unspecified atom stereocenters. The molecule has 0 radical (unpaired) electrons. The highest BCUT2D eigenvalue weighted by molar-refractivity contribution is 5.88. The van der Waals surface area contributed by atoms with Crippen molar-refractivity contribution in [2.24, 2.45) is 5.73 Å². The molecule has 0 aliphatic heterocycles. The van der Waals surface area contributed by atoms with Crippen molar-refractivity contribution in [1.29, 1.82) is 0 Å². The van der Waals surface area contributed by atoms with E-state index >= 15 is 0 Å². The molecule has 2 rings (SSSR count). The van der Waals surface area contributed by atoms with Gasteiger partial charge in [0.2, 0.25) is 0 Å². The molecule has 1 atom stereocenters. The van der Waals surface area contributed by atoms with Crippen LogP contribution in [0.1, 0.15) is 11.1 Å². The van der Waals surface area contributed by atoms with Crippen molar-refractivity contribution >= 4 is 17.8 Å². The number of urea groups is 1. The van der Waals surface area contributed by atoms with Gasteiger partial charge in [0.1, 0.15) is 11.8 Å². The summed E-state index contributed by atoms with van der Waals surface area (Å²) < 4.78 is 43.0. The van der Waals surface area contributed by atoms with E-state index in [-0.39, 0.29) is 12.2 Å². The monoisotopic (exact) mass is 424 g/mol. The Morgan fingerprint density at radius 3 is 2.33 bits per heavy atom. The minimum Gasteiger partial charge on any atom is -0.484 e. The number of hydrogen-bond acceptors (Lipinski definition) is 4. The first kappa shape index (κ1) is 22.5. The number of rotatable bonds is 7. The molecule has 11 heteroatoms. The first-order chi connectivity index (χ1) is 14.1. The number of primary amides is 1. The van der Waals surface area contributed by atoms with Crippen molar-refractivity contribution in [2.75, 3.05) is 6.61 Å². The lowest BCUT2D eigenvalue weighted by molar-refractivity contribution is -0.137. The quantitative estimate of drug-likeness (QED) is 0.503. The third kappa shape index (κ3) is 7.34. The largest absolute Gasteiger partial charge is 0.484 e. The van der Waals surface area contributed by atoms with Crippen LogP contribution in [0.4, 0.5) is 18.0 Å². The van der Waals surface area contributed by atoms with E-state index in [0.717, 1.165) is 23.8 Å². The van der Waals surface area contributed by atoms with Gasteiger partial charge in [-0.2, -0.15) is 13.2 Å². The predicted octanol–water partition coefficient (Wildman–Crippen LogP) is 1.51. The van der Waals surface area contributed by atoms with Gasteiger partial charge in [0.15, 0.2) is 6.61 Å². The van der Waals surface area contributed by atoms with E-state index in [0.29, 0.717) is 0 Å². The van der Waals surface area contributed by atoms with Crippen molar-refractivity contribution < 1.29 is 32.3 Å². The van der Waals surface area contributed by atoms with Crippen molar-refractivity contribution in [2.45, 2.75) is 18.6 Å². The van der Waals surface area contributed by atoms with Gasteiger partial charge in [-0.05, 0) is 23.8 Å². The molecule has 30 heavy (non-hydrogen) atoms. The summed E-state index contributed by atoms with van der Waals surface area (Å²) in [5, 5.41) is 2.27. The smallest absolute Gasteiger partial charge is 0.416 e. The zero-order valence-electron chi connectivity index (χ0n) is 15.5. The van der Waals surface area contributed by atoms with E-state index in [1.807, 2.05) is 0 Å². The number of carbonyl (C=O) groups is 3. The van der Waals surface area contributed by atoms with Crippen LogP contribution in [0.3, 0.4) is 0 Å². The summed E-state index contributed by atoms with van der Waals surface area (Å²) in [5.41, 5.74) is 9.07. The average molecular weight is 424 g/mol. The number of ether oxygens (including phenoxy) is 1. The van der Waals surface area contributed by atoms with Crippen LogP contribution < -0.4 is 26.6 Å². The maximum Gasteiger partial charge on any atom is 0.416 e. The number of amides is 4. The van der Waals surface area contributed by atoms with Crippen LogP contribution in [-0.4, -0.2) is 30.5 Å². The fourth-order valence-electron chi connectivity index (χ4n) is 2.40. The summed E-state index contributed by atoms with van der Waals surface area (Å²) in [6, 6.07) is 10.8. The summed E-state index contributed by atoms with van der Waals surface area (Å²) in [6.07, 6.45) is -4.43. The molecular formula is C19H19F3N4O4. The molecule has 2 aromatic rings. The molecule has 0 aromatic heterocycles. The SMILES string of the molecule is NC(=O)NC(Cc1ccccc1)C(=O)NNC(=O)COc1cccc(C(F)(F)F)c1. The molecule has 4 amide bonds. The molecule has 0 saturated carbocycles. The Morgan fingerprint density at radius 1 is 1.00 bits per heavy atom. The highest BCUT2D eigenvalue weighted by Gasteiger charge is 2.30. The van der Waals surface area contributed by atoms with Gasteiger partial charge in [-0.1, -0.05) is 36.4 Å². The second-order valence-corrected chi connectivity index (χ2v) is 6.10. The number of carbonyl (C=O) groups excluding carboxylic acids is 3. The first-order valence-electron chi connectivity index (χ1n) is 8.64. The van der Waals surface area contributed by atoms with Crippen molar-refractivity contribution in [3.63, 3.8) is 0 Å². The molecule has 0 bridgehead atoms. The molecule has 0 spiro atoms. The van der Waals surface area contributed by atoms with E-state index in [1.54, 1.807) is 30.3 Å². The molecule has 0 heterocycles. The molecular weight excluding hydrogens is 405 g/mol. The van der Waals surface area contributed by atoms with Crippen molar-refractivity contribution in [3.8, 4) is 5.75 Å². The number of benzene rings is 2. The highest BCUT2D eigenvalue weighted by Crippen LogP contribution is 2.31. The third-order valence-corrected chi connectivity index (χ3v) is 3.77. The minimum atomic E-state index is -4.54. The number of nitrogens with two attached hydrogens (primary N) is 1. The van der Waals surface area contributed by atoms with E-state index in [1.165, 1.54) is 6.07 Å². The van der Waals surface area contributed by atoms with Crippen LogP contribution in [0.15, 0.2) is 54.6 Å². The standard InChI is InChI=1S/C19H19F3N4O4/c20-19(21,22)13-7-4-8-14(10-13)30-11-16(27)25-26-17(28)15(24-18(23)29)9-12-5-2-1-3-6-12/h1-8,10,15H,9,11H2,(H,25,27)(H,26,28)(H3,23,24,29). The van der Waals surface area contributed by atoms with E-state index in [4.69, 9.17) is 10.5 Å². The second kappa shape index (κ2) is 10.1. The van der Waals surface area contributed by atoms with Gasteiger partial charge < -0.3 is 15.8 Å². The Hall–Kier alpha value is -3.76. The van der Waals surface area contributed by atoms with Gasteiger partial charge in [-0.15, -0.1) is 0 Å². The van der Waals surface area contributed by atoms with Gasteiger partial charge in [0.25, 0.3) is 11.8 Å². The van der Waals surface area contributed by atoms with Crippen LogP contribution in [-0.2, 0) is 22.2 Å². The molecule has 0 fully saturated rings.